The third kappa shape index (κ3) is 6.68. The van der Waals surface area contributed by atoms with Crippen LogP contribution in [0.15, 0.2) is 30.3 Å². The first kappa shape index (κ1) is 20.3. The van der Waals surface area contributed by atoms with Crippen LogP contribution in [-0.4, -0.2) is 42.1 Å². The summed E-state index contributed by atoms with van der Waals surface area (Å²) in [6, 6.07) is 7.93. The largest absolute Gasteiger partial charge is 0.433 e. The Balaban J connectivity index is 2.08. The summed E-state index contributed by atoms with van der Waals surface area (Å²) in [7, 11) is 3.86. The molecule has 0 bridgehead atoms. The topological polar surface area (TPSA) is 53.1 Å². The molecule has 1 aromatic heterocycles. The maximum atomic E-state index is 13.1. The number of nitrogens with one attached hydrogen (secondary N) is 2. The van der Waals surface area contributed by atoms with Gasteiger partial charge in [0.1, 0.15) is 5.82 Å². The van der Waals surface area contributed by atoms with E-state index in [1.54, 1.807) is 24.3 Å². The molecule has 0 saturated heterocycles. The number of alkyl halides is 3. The lowest BCUT2D eigenvalue weighted by Crippen LogP contribution is -2.18. The maximum absolute atomic E-state index is 13.1. The van der Waals surface area contributed by atoms with E-state index in [0.29, 0.717) is 18.1 Å². The lowest BCUT2D eigenvalue weighted by Gasteiger charge is -2.14. The van der Waals surface area contributed by atoms with E-state index >= 15 is 0 Å². The molecule has 1 aromatic carbocycles. The number of anilines is 2. The van der Waals surface area contributed by atoms with E-state index in [1.807, 2.05) is 19.0 Å². The molecule has 0 spiro atoms. The molecule has 2 N–H and O–H groups in total. The predicted octanol–water partition coefficient (Wildman–Crippen LogP) is 4.12. The van der Waals surface area contributed by atoms with Crippen molar-refractivity contribution in [1.82, 2.24) is 14.9 Å². The SMILES string of the molecule is CN(C)CCCNc1nc(NCc2ccc(Cl)cc2)cc(C(F)(F)F)n1. The second-order valence-corrected chi connectivity index (χ2v) is 6.46. The van der Waals surface area contributed by atoms with Crippen molar-refractivity contribution < 1.29 is 13.2 Å². The smallest absolute Gasteiger partial charge is 0.366 e. The van der Waals surface area contributed by atoms with Gasteiger partial charge in [0.15, 0.2) is 5.69 Å². The quantitative estimate of drug-likeness (QED) is 0.667. The number of aromatic nitrogens is 2. The normalized spacial score (nSPS) is 11.7. The number of halogens is 4. The van der Waals surface area contributed by atoms with Crippen LogP contribution in [-0.2, 0) is 12.7 Å². The van der Waals surface area contributed by atoms with Gasteiger partial charge in [-0.05, 0) is 44.8 Å². The molecule has 0 atom stereocenters. The molecular weight excluding hydrogens is 367 g/mol. The van der Waals surface area contributed by atoms with Gasteiger partial charge in [-0.15, -0.1) is 0 Å². The zero-order chi connectivity index (χ0) is 19.2. The lowest BCUT2D eigenvalue weighted by atomic mass is 10.2. The summed E-state index contributed by atoms with van der Waals surface area (Å²) in [5, 5.41) is 6.35. The summed E-state index contributed by atoms with van der Waals surface area (Å²) >= 11 is 5.82. The molecule has 0 aliphatic heterocycles. The molecule has 0 fully saturated rings. The number of hydrogen-bond donors (Lipinski definition) is 2. The molecule has 26 heavy (non-hydrogen) atoms. The molecule has 0 amide bonds. The van der Waals surface area contributed by atoms with Crippen molar-refractivity contribution in [2.75, 3.05) is 37.8 Å². The van der Waals surface area contributed by atoms with Crippen molar-refractivity contribution in [2.45, 2.75) is 19.1 Å². The number of nitrogens with zero attached hydrogens (tertiary/aromatic N) is 3. The molecule has 0 saturated carbocycles. The van der Waals surface area contributed by atoms with Gasteiger partial charge < -0.3 is 15.5 Å². The monoisotopic (exact) mass is 387 g/mol. The lowest BCUT2D eigenvalue weighted by molar-refractivity contribution is -0.141. The molecule has 0 aliphatic rings. The Kier molecular flexibility index (Phi) is 7.05. The summed E-state index contributed by atoms with van der Waals surface area (Å²) in [4.78, 5) is 9.69. The van der Waals surface area contributed by atoms with E-state index in [-0.39, 0.29) is 11.8 Å². The van der Waals surface area contributed by atoms with Crippen LogP contribution >= 0.6 is 11.6 Å². The van der Waals surface area contributed by atoms with Crippen LogP contribution < -0.4 is 10.6 Å². The van der Waals surface area contributed by atoms with E-state index in [0.717, 1.165) is 24.6 Å². The second-order valence-electron chi connectivity index (χ2n) is 6.02. The van der Waals surface area contributed by atoms with Crippen LogP contribution in [0.2, 0.25) is 5.02 Å². The van der Waals surface area contributed by atoms with E-state index in [1.165, 1.54) is 0 Å². The molecule has 2 aromatic rings. The van der Waals surface area contributed by atoms with Gasteiger partial charge >= 0.3 is 6.18 Å². The fraction of sp³-hybridized carbons (Fsp3) is 0.412. The molecule has 0 unspecified atom stereocenters. The summed E-state index contributed by atoms with van der Waals surface area (Å²) in [5.41, 5.74) is -0.108. The highest BCUT2D eigenvalue weighted by Gasteiger charge is 2.33. The Morgan fingerprint density at radius 2 is 1.77 bits per heavy atom. The van der Waals surface area contributed by atoms with Gasteiger partial charge in [-0.25, -0.2) is 4.98 Å². The first-order valence-electron chi connectivity index (χ1n) is 8.07. The van der Waals surface area contributed by atoms with Gasteiger partial charge in [0.25, 0.3) is 0 Å². The summed E-state index contributed by atoms with van der Waals surface area (Å²) in [6.07, 6.45) is -3.78. The van der Waals surface area contributed by atoms with Gasteiger partial charge in [0.2, 0.25) is 5.95 Å². The van der Waals surface area contributed by atoms with E-state index in [9.17, 15) is 13.2 Å². The van der Waals surface area contributed by atoms with Gasteiger partial charge in [-0.2, -0.15) is 18.2 Å². The Bertz CT molecular complexity index is 705. The highest BCUT2D eigenvalue weighted by molar-refractivity contribution is 6.30. The van der Waals surface area contributed by atoms with Crippen LogP contribution in [0, 0.1) is 0 Å². The fourth-order valence-electron chi connectivity index (χ4n) is 2.15. The van der Waals surface area contributed by atoms with Crippen molar-refractivity contribution >= 4 is 23.4 Å². The summed E-state index contributed by atoms with van der Waals surface area (Å²) in [6.45, 7) is 1.62. The van der Waals surface area contributed by atoms with Crippen LogP contribution in [0.5, 0.6) is 0 Å². The van der Waals surface area contributed by atoms with E-state index in [2.05, 4.69) is 20.6 Å². The van der Waals surface area contributed by atoms with Crippen LogP contribution in [0.1, 0.15) is 17.7 Å². The first-order valence-corrected chi connectivity index (χ1v) is 8.45. The first-order chi connectivity index (χ1) is 12.2. The molecule has 1 heterocycles. The zero-order valence-corrected chi connectivity index (χ0v) is 15.3. The minimum Gasteiger partial charge on any atom is -0.366 e. The van der Waals surface area contributed by atoms with E-state index < -0.39 is 11.9 Å². The molecular formula is C17H21ClF3N5. The Morgan fingerprint density at radius 1 is 1.08 bits per heavy atom. The van der Waals surface area contributed by atoms with Crippen molar-refractivity contribution in [3.05, 3.63) is 46.6 Å². The van der Waals surface area contributed by atoms with Crippen molar-refractivity contribution in [3.63, 3.8) is 0 Å². The minimum absolute atomic E-state index is 0.0443. The third-order valence-electron chi connectivity index (χ3n) is 3.47. The zero-order valence-electron chi connectivity index (χ0n) is 14.6. The predicted molar refractivity (Wildman–Crippen MR) is 97.5 cm³/mol. The Morgan fingerprint density at radius 3 is 2.38 bits per heavy atom. The van der Waals surface area contributed by atoms with Gasteiger partial charge in [-0.3, -0.25) is 0 Å². The fourth-order valence-corrected chi connectivity index (χ4v) is 2.28. The van der Waals surface area contributed by atoms with Crippen molar-refractivity contribution in [3.8, 4) is 0 Å². The number of hydrogen-bond acceptors (Lipinski definition) is 5. The molecule has 142 valence electrons. The standard InChI is InChI=1S/C17H21ClF3N5/c1-26(2)9-3-8-22-16-24-14(17(19,20)21)10-15(25-16)23-11-12-4-6-13(18)7-5-12/h4-7,10H,3,8-9,11H2,1-2H3,(H2,22,23,24,25). The Labute approximate surface area is 155 Å². The third-order valence-corrected chi connectivity index (χ3v) is 3.72. The average Bonchev–Trinajstić information content (AvgIpc) is 2.57. The molecule has 0 aliphatic carbocycles. The molecule has 5 nitrogen and oxygen atoms in total. The highest BCUT2D eigenvalue weighted by Crippen LogP contribution is 2.29. The summed E-state index contributed by atoms with van der Waals surface area (Å²) < 4.78 is 39.2. The molecule has 9 heteroatoms. The number of benzene rings is 1. The maximum Gasteiger partial charge on any atom is 0.433 e. The van der Waals surface area contributed by atoms with Gasteiger partial charge in [0, 0.05) is 24.2 Å². The van der Waals surface area contributed by atoms with E-state index in [4.69, 9.17) is 11.6 Å². The average molecular weight is 388 g/mol. The highest BCUT2D eigenvalue weighted by atomic mass is 35.5. The summed E-state index contributed by atoms with van der Waals surface area (Å²) in [5.74, 6) is 0.0644. The second kappa shape index (κ2) is 9.05. The van der Waals surface area contributed by atoms with Crippen LogP contribution in [0.4, 0.5) is 24.9 Å². The van der Waals surface area contributed by atoms with Crippen LogP contribution in [0.3, 0.4) is 0 Å². The van der Waals surface area contributed by atoms with Gasteiger partial charge in [-0.1, -0.05) is 23.7 Å². The van der Waals surface area contributed by atoms with Crippen molar-refractivity contribution in [2.24, 2.45) is 0 Å². The van der Waals surface area contributed by atoms with Gasteiger partial charge in [0.05, 0.1) is 0 Å². The molecule has 2 rings (SSSR count). The molecule has 0 radical (unpaired) electrons. The number of rotatable bonds is 8. The van der Waals surface area contributed by atoms with Crippen LogP contribution in [0.25, 0.3) is 0 Å². The van der Waals surface area contributed by atoms with Crippen molar-refractivity contribution in [1.29, 1.82) is 0 Å². The Hall–Kier alpha value is -2.06. The minimum atomic E-state index is -4.54.